The first-order valence-corrected chi connectivity index (χ1v) is 8.00. The third kappa shape index (κ3) is 4.14. The molecule has 5 nitrogen and oxygen atoms in total. The Bertz CT molecular complexity index is 548. The predicted octanol–water partition coefficient (Wildman–Crippen LogP) is 2.51. The molecule has 3 N–H and O–H groups in total. The number of carbonyl (C=O) groups is 2. The van der Waals surface area contributed by atoms with E-state index < -0.39 is 12.0 Å². The minimum atomic E-state index is -0.583. The van der Waals surface area contributed by atoms with E-state index in [1.807, 2.05) is 30.3 Å². The van der Waals surface area contributed by atoms with Crippen LogP contribution in [0.3, 0.4) is 0 Å². The summed E-state index contributed by atoms with van der Waals surface area (Å²) in [4.78, 5) is 23.0. The van der Waals surface area contributed by atoms with E-state index in [1.54, 1.807) is 0 Å². The molecule has 0 aromatic heterocycles. The number of nitrogens with two attached hydrogens (primary N) is 1. The number of nitrogens with one attached hydrogen (secondary N) is 1. The highest BCUT2D eigenvalue weighted by Gasteiger charge is 2.27. The van der Waals surface area contributed by atoms with Crippen LogP contribution in [0.4, 0.5) is 4.79 Å². The third-order valence-corrected chi connectivity index (χ3v) is 4.82. The average Bonchev–Trinajstić information content (AvgIpc) is 2.79. The zero-order valence-electron chi connectivity index (χ0n) is 10.5. The van der Waals surface area contributed by atoms with Crippen LogP contribution in [0.15, 0.2) is 40.9 Å². The highest BCUT2D eigenvalue weighted by Crippen LogP contribution is 2.39. The molecule has 106 valence electrons. The van der Waals surface area contributed by atoms with Gasteiger partial charge < -0.3 is 10.5 Å². The summed E-state index contributed by atoms with van der Waals surface area (Å²) in [7, 11) is 0. The predicted molar refractivity (Wildman–Crippen MR) is 86.0 cm³/mol. The van der Waals surface area contributed by atoms with Crippen molar-refractivity contribution in [2.45, 2.75) is 16.3 Å². The van der Waals surface area contributed by atoms with E-state index in [2.05, 4.69) is 27.9 Å². The molecular formula is C13H13IN2O3S. The number of alkyl halides is 1. The van der Waals surface area contributed by atoms with Crippen LogP contribution in [-0.2, 0) is 16.1 Å². The number of rotatable bonds is 4. The van der Waals surface area contributed by atoms with Gasteiger partial charge in [0.2, 0.25) is 5.91 Å². The maximum atomic E-state index is 11.7. The van der Waals surface area contributed by atoms with Gasteiger partial charge in [-0.1, -0.05) is 64.7 Å². The van der Waals surface area contributed by atoms with E-state index in [4.69, 9.17) is 10.5 Å². The smallest absolute Gasteiger partial charge is 0.412 e. The Hall–Kier alpha value is -1.22. The second kappa shape index (κ2) is 6.98. The van der Waals surface area contributed by atoms with Gasteiger partial charge in [0.15, 0.2) is 0 Å². The Labute approximate surface area is 134 Å². The van der Waals surface area contributed by atoms with Crippen molar-refractivity contribution in [3.8, 4) is 0 Å². The highest BCUT2D eigenvalue weighted by molar-refractivity contribution is 14.1. The van der Waals surface area contributed by atoms with Gasteiger partial charge in [-0.05, 0) is 5.56 Å². The number of hydrogen-bond acceptors (Lipinski definition) is 4. The molecule has 0 saturated heterocycles. The van der Waals surface area contributed by atoms with Gasteiger partial charge >= 0.3 is 6.09 Å². The molecule has 1 heterocycles. The largest absolute Gasteiger partial charge is 0.444 e. The fraction of sp³-hybridized carbons (Fsp3) is 0.231. The van der Waals surface area contributed by atoms with E-state index >= 15 is 0 Å². The lowest BCUT2D eigenvalue weighted by Crippen LogP contribution is -2.25. The van der Waals surface area contributed by atoms with Gasteiger partial charge in [-0.15, -0.1) is 0 Å². The summed E-state index contributed by atoms with van der Waals surface area (Å²) in [5.41, 5.74) is 6.64. The first-order chi connectivity index (χ1) is 9.56. The number of thioether (sulfide) groups is 1. The van der Waals surface area contributed by atoms with Crippen LogP contribution in [0.25, 0.3) is 0 Å². The van der Waals surface area contributed by atoms with Crippen molar-refractivity contribution in [3.63, 3.8) is 0 Å². The molecule has 1 aliphatic rings. The molecule has 20 heavy (non-hydrogen) atoms. The molecule has 1 aromatic carbocycles. The number of alkyl carbamates (subject to hydrolysis) is 1. The number of amides is 2. The fourth-order valence-electron chi connectivity index (χ4n) is 1.66. The number of benzene rings is 1. The lowest BCUT2D eigenvalue weighted by atomic mass is 10.2. The van der Waals surface area contributed by atoms with Gasteiger partial charge in [0.1, 0.15) is 6.61 Å². The van der Waals surface area contributed by atoms with Gasteiger partial charge in [0, 0.05) is 12.0 Å². The minimum absolute atomic E-state index is 0.185. The fourth-order valence-corrected chi connectivity index (χ4v) is 3.84. The van der Waals surface area contributed by atoms with Gasteiger partial charge in [0.25, 0.3) is 0 Å². The SMILES string of the molecule is NC(=O)C1=C(NC(=O)OCc2ccccc2)SC(I)C1. The molecule has 1 unspecified atom stereocenters. The number of carbonyl (C=O) groups excluding carboxylic acids is 2. The summed E-state index contributed by atoms with van der Waals surface area (Å²) in [6.45, 7) is 0.185. The first-order valence-electron chi connectivity index (χ1n) is 5.87. The van der Waals surface area contributed by atoms with Crippen LogP contribution < -0.4 is 11.1 Å². The van der Waals surface area contributed by atoms with Gasteiger partial charge in [0.05, 0.1) is 8.29 Å². The second-order valence-corrected chi connectivity index (χ2v) is 7.65. The second-order valence-electron chi connectivity index (χ2n) is 4.09. The van der Waals surface area contributed by atoms with E-state index in [-0.39, 0.29) is 9.86 Å². The van der Waals surface area contributed by atoms with Crippen LogP contribution in [0.1, 0.15) is 12.0 Å². The molecule has 2 amide bonds. The van der Waals surface area contributed by atoms with Gasteiger partial charge in [-0.25, -0.2) is 4.79 Å². The summed E-state index contributed by atoms with van der Waals surface area (Å²) in [5, 5.41) is 3.08. The maximum Gasteiger partial charge on any atom is 0.412 e. The number of ether oxygens (including phenoxy) is 1. The van der Waals surface area contributed by atoms with Crippen LogP contribution >= 0.6 is 34.4 Å². The molecule has 2 rings (SSSR count). The summed E-state index contributed by atoms with van der Waals surface area (Å²) in [6, 6.07) is 9.37. The number of hydrogen-bond donors (Lipinski definition) is 2. The normalized spacial score (nSPS) is 17.9. The number of primary amides is 1. The lowest BCUT2D eigenvalue weighted by molar-refractivity contribution is -0.114. The van der Waals surface area contributed by atoms with Crippen LogP contribution in [0.5, 0.6) is 0 Å². The highest BCUT2D eigenvalue weighted by atomic mass is 127. The van der Waals surface area contributed by atoms with Crippen molar-refractivity contribution in [3.05, 3.63) is 46.5 Å². The van der Waals surface area contributed by atoms with Crippen molar-refractivity contribution >= 4 is 46.4 Å². The van der Waals surface area contributed by atoms with Crippen LogP contribution in [0, 0.1) is 0 Å². The minimum Gasteiger partial charge on any atom is -0.444 e. The number of halogens is 1. The monoisotopic (exact) mass is 404 g/mol. The standard InChI is InChI=1S/C13H13IN2O3S/c14-10-6-9(11(15)17)12(20-10)16-13(18)19-7-8-4-2-1-3-5-8/h1-5,10H,6-7H2,(H2,15,17)(H,16,18). The molecule has 1 aromatic rings. The van der Waals surface area contributed by atoms with Crippen molar-refractivity contribution in [2.75, 3.05) is 0 Å². The molecule has 0 spiro atoms. The average molecular weight is 404 g/mol. The quantitative estimate of drug-likeness (QED) is 0.597. The molecule has 1 aliphatic heterocycles. The third-order valence-electron chi connectivity index (χ3n) is 2.61. The van der Waals surface area contributed by atoms with E-state index in [1.165, 1.54) is 11.8 Å². The Balaban J connectivity index is 1.91. The van der Waals surface area contributed by atoms with Crippen LogP contribution in [-0.4, -0.2) is 15.3 Å². The van der Waals surface area contributed by atoms with Gasteiger partial charge in [-0.3, -0.25) is 10.1 Å². The summed E-state index contributed by atoms with van der Waals surface area (Å²) in [6.07, 6.45) is -0.0323. The maximum absolute atomic E-state index is 11.7. The summed E-state index contributed by atoms with van der Waals surface area (Å²) >= 11 is 3.60. The molecule has 1 atom stereocenters. The van der Waals surface area contributed by atoms with Gasteiger partial charge in [-0.2, -0.15) is 0 Å². The molecule has 0 saturated carbocycles. The summed E-state index contributed by atoms with van der Waals surface area (Å²) < 4.78 is 5.30. The van der Waals surface area contributed by atoms with Crippen molar-refractivity contribution in [1.82, 2.24) is 5.32 Å². The molecule has 0 aliphatic carbocycles. The molecule has 0 bridgehead atoms. The Kier molecular flexibility index (Phi) is 5.30. The topological polar surface area (TPSA) is 81.4 Å². The van der Waals surface area contributed by atoms with Crippen molar-refractivity contribution in [1.29, 1.82) is 0 Å². The van der Waals surface area contributed by atoms with E-state index in [0.29, 0.717) is 17.0 Å². The Morgan fingerprint density at radius 3 is 2.75 bits per heavy atom. The lowest BCUT2D eigenvalue weighted by Gasteiger charge is -2.08. The van der Waals surface area contributed by atoms with Crippen molar-refractivity contribution < 1.29 is 14.3 Å². The summed E-state index contributed by atoms with van der Waals surface area (Å²) in [5.74, 6) is -0.505. The van der Waals surface area contributed by atoms with E-state index in [9.17, 15) is 9.59 Å². The first kappa shape index (κ1) is 15.2. The van der Waals surface area contributed by atoms with E-state index in [0.717, 1.165) is 5.56 Å². The Morgan fingerprint density at radius 1 is 1.40 bits per heavy atom. The molecule has 0 radical (unpaired) electrons. The zero-order chi connectivity index (χ0) is 14.5. The molecule has 7 heteroatoms. The van der Waals surface area contributed by atoms with Crippen molar-refractivity contribution in [2.24, 2.45) is 5.73 Å². The zero-order valence-corrected chi connectivity index (χ0v) is 13.4. The molecule has 0 fully saturated rings. The Morgan fingerprint density at radius 2 is 2.10 bits per heavy atom. The molecular weight excluding hydrogens is 391 g/mol. The van der Waals surface area contributed by atoms with Crippen LogP contribution in [0.2, 0.25) is 0 Å².